The second kappa shape index (κ2) is 6.95. The molecule has 3 heteroatoms. The van der Waals surface area contributed by atoms with Gasteiger partial charge < -0.3 is 5.32 Å². The summed E-state index contributed by atoms with van der Waals surface area (Å²) in [6.45, 7) is 3.90. The number of hydrogen-bond acceptors (Lipinski definition) is 3. The molecule has 1 saturated carbocycles. The first-order valence-electron chi connectivity index (χ1n) is 8.40. The summed E-state index contributed by atoms with van der Waals surface area (Å²) in [6, 6.07) is 15.0. The molecule has 0 aliphatic heterocycles. The largest absolute Gasteiger partial charge is 0.367 e. The minimum atomic E-state index is 0.0551. The van der Waals surface area contributed by atoms with E-state index in [4.69, 9.17) is 0 Å². The van der Waals surface area contributed by atoms with Gasteiger partial charge in [0, 0.05) is 17.8 Å². The molecule has 0 saturated heterocycles. The van der Waals surface area contributed by atoms with Crippen LogP contribution in [-0.4, -0.2) is 16.8 Å². The molecule has 3 nitrogen and oxygen atoms in total. The molecule has 0 bridgehead atoms. The monoisotopic (exact) mass is 308 g/mol. The third-order valence-electron chi connectivity index (χ3n) is 4.74. The fraction of sp³-hybridized carbons (Fsp3) is 0.400. The lowest BCUT2D eigenvalue weighted by Gasteiger charge is -2.34. The number of anilines is 1. The Bertz CT molecular complexity index is 651. The van der Waals surface area contributed by atoms with Crippen molar-refractivity contribution >= 4 is 11.6 Å². The van der Waals surface area contributed by atoms with Gasteiger partial charge >= 0.3 is 0 Å². The molecular formula is C20H24N2O. The molecular weight excluding hydrogens is 284 g/mol. The summed E-state index contributed by atoms with van der Waals surface area (Å²) in [6.07, 6.45) is 5.20. The Hall–Kier alpha value is -2.16. The molecule has 0 amide bonds. The van der Waals surface area contributed by atoms with Gasteiger partial charge in [0.05, 0.1) is 0 Å². The maximum absolute atomic E-state index is 11.3. The van der Waals surface area contributed by atoms with Gasteiger partial charge in [-0.3, -0.25) is 4.79 Å². The SMILES string of the molecule is CC(=O)c1ccc(NC2CC(C)CC(c3ccccc3)C2)nc1. The first-order chi connectivity index (χ1) is 11.1. The van der Waals surface area contributed by atoms with Gasteiger partial charge in [-0.1, -0.05) is 37.3 Å². The highest BCUT2D eigenvalue weighted by Crippen LogP contribution is 2.37. The normalized spacial score (nSPS) is 24.2. The average Bonchev–Trinajstić information content (AvgIpc) is 2.55. The molecule has 120 valence electrons. The summed E-state index contributed by atoms with van der Waals surface area (Å²) in [5.41, 5.74) is 2.10. The van der Waals surface area contributed by atoms with Crippen LogP contribution in [0, 0.1) is 5.92 Å². The van der Waals surface area contributed by atoms with Gasteiger partial charge in [0.25, 0.3) is 0 Å². The van der Waals surface area contributed by atoms with Crippen LogP contribution in [0.15, 0.2) is 48.7 Å². The van der Waals surface area contributed by atoms with Crippen LogP contribution in [0.3, 0.4) is 0 Å². The van der Waals surface area contributed by atoms with E-state index in [-0.39, 0.29) is 5.78 Å². The van der Waals surface area contributed by atoms with E-state index in [0.717, 1.165) is 12.2 Å². The maximum Gasteiger partial charge on any atom is 0.161 e. The van der Waals surface area contributed by atoms with Gasteiger partial charge in [-0.2, -0.15) is 0 Å². The molecule has 1 aromatic carbocycles. The zero-order valence-corrected chi connectivity index (χ0v) is 13.8. The van der Waals surface area contributed by atoms with Gasteiger partial charge in [-0.25, -0.2) is 4.98 Å². The number of pyridine rings is 1. The summed E-state index contributed by atoms with van der Waals surface area (Å²) in [5, 5.41) is 3.55. The Balaban J connectivity index is 1.68. The first kappa shape index (κ1) is 15.7. The molecule has 3 atom stereocenters. The number of nitrogens with one attached hydrogen (secondary N) is 1. The zero-order chi connectivity index (χ0) is 16.2. The number of carbonyl (C=O) groups excluding carboxylic acids is 1. The fourth-order valence-corrected chi connectivity index (χ4v) is 3.62. The van der Waals surface area contributed by atoms with Crippen LogP contribution >= 0.6 is 0 Å². The van der Waals surface area contributed by atoms with E-state index in [1.54, 1.807) is 13.1 Å². The Labute approximate surface area is 138 Å². The van der Waals surface area contributed by atoms with E-state index in [1.165, 1.54) is 18.4 Å². The van der Waals surface area contributed by atoms with E-state index in [2.05, 4.69) is 47.6 Å². The standard InChI is InChI=1S/C20H24N2O/c1-14-10-18(16-6-4-3-5-7-16)12-19(11-14)22-20-9-8-17(13-21-20)15(2)23/h3-9,13-14,18-19H,10-12H2,1-2H3,(H,21,22). The number of nitrogens with zero attached hydrogens (tertiary/aromatic N) is 1. The van der Waals surface area contributed by atoms with E-state index >= 15 is 0 Å². The van der Waals surface area contributed by atoms with Crippen molar-refractivity contribution in [1.82, 2.24) is 4.98 Å². The molecule has 1 aliphatic carbocycles. The zero-order valence-electron chi connectivity index (χ0n) is 13.8. The highest BCUT2D eigenvalue weighted by atomic mass is 16.1. The highest BCUT2D eigenvalue weighted by Gasteiger charge is 2.27. The second-order valence-electron chi connectivity index (χ2n) is 6.75. The van der Waals surface area contributed by atoms with Gasteiger partial charge in [0.1, 0.15) is 5.82 Å². The van der Waals surface area contributed by atoms with Crippen molar-refractivity contribution < 1.29 is 4.79 Å². The average molecular weight is 308 g/mol. The minimum absolute atomic E-state index is 0.0551. The topological polar surface area (TPSA) is 42.0 Å². The summed E-state index contributed by atoms with van der Waals surface area (Å²) in [7, 11) is 0. The van der Waals surface area contributed by atoms with Gasteiger partial charge in [0.15, 0.2) is 5.78 Å². The van der Waals surface area contributed by atoms with Gasteiger partial charge in [0.2, 0.25) is 0 Å². The smallest absolute Gasteiger partial charge is 0.161 e. The molecule has 0 radical (unpaired) electrons. The summed E-state index contributed by atoms with van der Waals surface area (Å²) >= 11 is 0. The first-order valence-corrected chi connectivity index (χ1v) is 8.40. The van der Waals surface area contributed by atoms with Crippen molar-refractivity contribution in [2.45, 2.75) is 45.1 Å². The van der Waals surface area contributed by atoms with Crippen LogP contribution in [-0.2, 0) is 0 Å². The molecule has 23 heavy (non-hydrogen) atoms. The molecule has 1 heterocycles. The number of rotatable bonds is 4. The molecule has 1 N–H and O–H groups in total. The lowest BCUT2D eigenvalue weighted by atomic mass is 9.76. The van der Waals surface area contributed by atoms with E-state index < -0.39 is 0 Å². The molecule has 0 spiro atoms. The molecule has 1 fully saturated rings. The van der Waals surface area contributed by atoms with Crippen LogP contribution in [0.2, 0.25) is 0 Å². The van der Waals surface area contributed by atoms with Gasteiger partial charge in [-0.05, 0) is 55.7 Å². The molecule has 1 aromatic heterocycles. The summed E-state index contributed by atoms with van der Waals surface area (Å²) < 4.78 is 0. The van der Waals surface area contributed by atoms with Crippen molar-refractivity contribution in [3.8, 4) is 0 Å². The second-order valence-corrected chi connectivity index (χ2v) is 6.75. The number of Topliss-reactive ketones (excluding diaryl/α,β-unsaturated/α-hetero) is 1. The number of hydrogen-bond donors (Lipinski definition) is 1. The quantitative estimate of drug-likeness (QED) is 0.835. The lowest BCUT2D eigenvalue weighted by molar-refractivity contribution is 0.101. The van der Waals surface area contributed by atoms with Crippen molar-refractivity contribution in [2.75, 3.05) is 5.32 Å². The number of aromatic nitrogens is 1. The van der Waals surface area contributed by atoms with Crippen molar-refractivity contribution in [1.29, 1.82) is 0 Å². The third kappa shape index (κ3) is 3.98. The van der Waals surface area contributed by atoms with Crippen molar-refractivity contribution in [3.63, 3.8) is 0 Å². The predicted octanol–water partition coefficient (Wildman–Crippen LogP) is 4.67. The Morgan fingerprint density at radius 1 is 1.09 bits per heavy atom. The number of ketones is 1. The number of carbonyl (C=O) groups is 1. The molecule has 3 unspecified atom stereocenters. The van der Waals surface area contributed by atoms with Crippen LogP contribution in [0.4, 0.5) is 5.82 Å². The summed E-state index contributed by atoms with van der Waals surface area (Å²) in [5.74, 6) is 2.22. The Kier molecular flexibility index (Phi) is 4.75. The molecule has 1 aliphatic rings. The molecule has 2 aromatic rings. The fourth-order valence-electron chi connectivity index (χ4n) is 3.62. The Morgan fingerprint density at radius 2 is 1.87 bits per heavy atom. The van der Waals surface area contributed by atoms with Crippen LogP contribution in [0.5, 0.6) is 0 Å². The Morgan fingerprint density at radius 3 is 2.52 bits per heavy atom. The van der Waals surface area contributed by atoms with Crippen LogP contribution in [0.1, 0.15) is 54.9 Å². The van der Waals surface area contributed by atoms with E-state index in [1.807, 2.05) is 12.1 Å². The predicted molar refractivity (Wildman–Crippen MR) is 93.9 cm³/mol. The van der Waals surface area contributed by atoms with Crippen molar-refractivity contribution in [3.05, 3.63) is 59.8 Å². The van der Waals surface area contributed by atoms with Crippen molar-refractivity contribution in [2.24, 2.45) is 5.92 Å². The minimum Gasteiger partial charge on any atom is -0.367 e. The van der Waals surface area contributed by atoms with Gasteiger partial charge in [-0.15, -0.1) is 0 Å². The van der Waals surface area contributed by atoms with E-state index in [0.29, 0.717) is 23.4 Å². The van der Waals surface area contributed by atoms with Crippen LogP contribution in [0.25, 0.3) is 0 Å². The molecule has 3 rings (SSSR count). The highest BCUT2D eigenvalue weighted by molar-refractivity contribution is 5.93. The maximum atomic E-state index is 11.3. The van der Waals surface area contributed by atoms with Crippen LogP contribution < -0.4 is 5.32 Å². The number of benzene rings is 1. The summed E-state index contributed by atoms with van der Waals surface area (Å²) in [4.78, 5) is 15.7. The third-order valence-corrected chi connectivity index (χ3v) is 4.74. The lowest BCUT2D eigenvalue weighted by Crippen LogP contribution is -2.30. The van der Waals surface area contributed by atoms with E-state index in [9.17, 15) is 4.79 Å².